The summed E-state index contributed by atoms with van der Waals surface area (Å²) in [5, 5.41) is 12.0. The van der Waals surface area contributed by atoms with Gasteiger partial charge in [0.05, 0.1) is 11.4 Å². The molecule has 0 amide bonds. The maximum atomic E-state index is 10.9. The second kappa shape index (κ2) is 3.81. The zero-order chi connectivity index (χ0) is 10.8. The first-order valence-electron chi connectivity index (χ1n) is 4.98. The fraction of sp³-hybridized carbons (Fsp3) is 0.364. The van der Waals surface area contributed by atoms with Crippen LogP contribution in [0.2, 0.25) is 0 Å². The topological polar surface area (TPSA) is 52.6 Å². The Morgan fingerprint density at radius 3 is 3.00 bits per heavy atom. The van der Waals surface area contributed by atoms with E-state index in [1.165, 1.54) is 0 Å². The van der Waals surface area contributed by atoms with Crippen LogP contribution in [-0.4, -0.2) is 30.7 Å². The second-order valence-corrected chi connectivity index (χ2v) is 3.76. The number of benzene rings is 1. The van der Waals surface area contributed by atoms with Gasteiger partial charge < -0.3 is 15.3 Å². The number of hydrogen-bond donors (Lipinski definition) is 2. The number of nitrogens with one attached hydrogen (secondary N) is 1. The molecule has 4 nitrogen and oxygen atoms in total. The van der Waals surface area contributed by atoms with E-state index in [9.17, 15) is 4.79 Å². The summed E-state index contributed by atoms with van der Waals surface area (Å²) in [6.45, 7) is 0.751. The Morgan fingerprint density at radius 2 is 2.27 bits per heavy atom. The number of nitrogens with zero attached hydrogens (tertiary/aromatic N) is 1. The molecule has 0 aromatic heterocycles. The molecule has 4 heteroatoms. The van der Waals surface area contributed by atoms with Crippen LogP contribution in [0.4, 0.5) is 11.4 Å². The maximum Gasteiger partial charge on any atom is 0.326 e. The first-order chi connectivity index (χ1) is 7.18. The molecule has 0 saturated carbocycles. The molecule has 1 unspecified atom stereocenters. The minimum Gasteiger partial charge on any atom is -0.480 e. The van der Waals surface area contributed by atoms with Crippen LogP contribution < -0.4 is 10.2 Å². The Bertz CT molecular complexity index is 379. The Labute approximate surface area is 88.5 Å². The minimum absolute atomic E-state index is 0.490. The fourth-order valence-electron chi connectivity index (χ4n) is 1.82. The van der Waals surface area contributed by atoms with Gasteiger partial charge in [0.25, 0.3) is 0 Å². The molecule has 2 rings (SSSR count). The number of carbonyl (C=O) groups is 1. The summed E-state index contributed by atoms with van der Waals surface area (Å²) >= 11 is 0. The van der Waals surface area contributed by atoms with E-state index >= 15 is 0 Å². The highest BCUT2D eigenvalue weighted by atomic mass is 16.4. The number of carboxylic acids is 1. The van der Waals surface area contributed by atoms with Crippen molar-refractivity contribution >= 4 is 17.3 Å². The van der Waals surface area contributed by atoms with Crippen LogP contribution in [0.1, 0.15) is 6.42 Å². The van der Waals surface area contributed by atoms with Crippen molar-refractivity contribution in [1.29, 1.82) is 0 Å². The Hall–Kier alpha value is -1.71. The van der Waals surface area contributed by atoms with Gasteiger partial charge in [0.1, 0.15) is 6.04 Å². The molecule has 15 heavy (non-hydrogen) atoms. The van der Waals surface area contributed by atoms with Crippen molar-refractivity contribution in [2.24, 2.45) is 0 Å². The zero-order valence-electron chi connectivity index (χ0n) is 8.60. The van der Waals surface area contributed by atoms with Gasteiger partial charge in [-0.2, -0.15) is 0 Å². The smallest absolute Gasteiger partial charge is 0.326 e. The lowest BCUT2D eigenvalue weighted by Crippen LogP contribution is -2.30. The van der Waals surface area contributed by atoms with E-state index in [-0.39, 0.29) is 0 Å². The molecule has 1 aliphatic heterocycles. The summed E-state index contributed by atoms with van der Waals surface area (Å²) in [5.74, 6) is -0.792. The summed E-state index contributed by atoms with van der Waals surface area (Å²) in [6, 6.07) is 7.28. The highest BCUT2D eigenvalue weighted by molar-refractivity contribution is 5.81. The third-order valence-electron chi connectivity index (χ3n) is 2.70. The third-order valence-corrected chi connectivity index (χ3v) is 2.70. The third kappa shape index (κ3) is 1.88. The van der Waals surface area contributed by atoms with E-state index in [0.29, 0.717) is 6.42 Å². The standard InChI is InChI=1S/C11H14N2O2/c1-13-7-6-9(11(14)15)12-8-4-2-3-5-10(8)13/h2-5,9,12H,6-7H2,1H3,(H,14,15). The lowest BCUT2D eigenvalue weighted by atomic mass is 10.2. The normalized spacial score (nSPS) is 20.1. The van der Waals surface area contributed by atoms with Gasteiger partial charge in [0.15, 0.2) is 0 Å². The molecule has 0 radical (unpaired) electrons. The molecule has 0 saturated heterocycles. The summed E-state index contributed by atoms with van der Waals surface area (Å²) in [6.07, 6.45) is 0.612. The zero-order valence-corrected chi connectivity index (χ0v) is 8.60. The van der Waals surface area contributed by atoms with E-state index in [2.05, 4.69) is 10.2 Å². The molecular weight excluding hydrogens is 192 g/mol. The van der Waals surface area contributed by atoms with Gasteiger partial charge in [-0.25, -0.2) is 4.79 Å². The number of para-hydroxylation sites is 2. The number of anilines is 2. The van der Waals surface area contributed by atoms with Crippen LogP contribution in [0.5, 0.6) is 0 Å². The van der Waals surface area contributed by atoms with Gasteiger partial charge in [-0.15, -0.1) is 0 Å². The number of aliphatic carboxylic acids is 1. The number of hydrogen-bond acceptors (Lipinski definition) is 3. The van der Waals surface area contributed by atoms with Gasteiger partial charge in [-0.3, -0.25) is 0 Å². The van der Waals surface area contributed by atoms with E-state index in [4.69, 9.17) is 5.11 Å². The van der Waals surface area contributed by atoms with E-state index in [1.54, 1.807) is 0 Å². The first-order valence-corrected chi connectivity index (χ1v) is 4.98. The second-order valence-electron chi connectivity index (χ2n) is 3.76. The highest BCUT2D eigenvalue weighted by Gasteiger charge is 2.22. The molecule has 1 heterocycles. The van der Waals surface area contributed by atoms with Crippen LogP contribution in [0.3, 0.4) is 0 Å². The molecule has 1 atom stereocenters. The lowest BCUT2D eigenvalue weighted by molar-refractivity contribution is -0.138. The SMILES string of the molecule is CN1CCC(C(=O)O)Nc2ccccc21. The average molecular weight is 206 g/mol. The summed E-state index contributed by atoms with van der Waals surface area (Å²) < 4.78 is 0. The molecule has 0 bridgehead atoms. The molecule has 1 aromatic rings. The maximum absolute atomic E-state index is 10.9. The van der Waals surface area contributed by atoms with Gasteiger partial charge in [0.2, 0.25) is 0 Å². The van der Waals surface area contributed by atoms with E-state index in [0.717, 1.165) is 17.9 Å². The summed E-state index contributed by atoms with van der Waals surface area (Å²) in [7, 11) is 1.98. The van der Waals surface area contributed by atoms with Gasteiger partial charge in [-0.1, -0.05) is 12.1 Å². The quantitative estimate of drug-likeness (QED) is 0.729. The molecule has 0 fully saturated rings. The number of fused-ring (bicyclic) bond motifs is 1. The molecule has 1 aromatic carbocycles. The van der Waals surface area contributed by atoms with Gasteiger partial charge >= 0.3 is 5.97 Å². The van der Waals surface area contributed by atoms with Crippen molar-refractivity contribution in [3.8, 4) is 0 Å². The molecule has 80 valence electrons. The largest absolute Gasteiger partial charge is 0.480 e. The van der Waals surface area contributed by atoms with Crippen LogP contribution >= 0.6 is 0 Å². The van der Waals surface area contributed by atoms with Crippen molar-refractivity contribution in [2.75, 3.05) is 23.8 Å². The first kappa shape index (κ1) is 9.83. The highest BCUT2D eigenvalue weighted by Crippen LogP contribution is 2.28. The molecule has 0 aliphatic carbocycles. The minimum atomic E-state index is -0.792. The van der Waals surface area contributed by atoms with Crippen molar-refractivity contribution in [3.05, 3.63) is 24.3 Å². The predicted molar refractivity (Wildman–Crippen MR) is 59.4 cm³/mol. The van der Waals surface area contributed by atoms with E-state index in [1.807, 2.05) is 31.3 Å². The van der Waals surface area contributed by atoms with Crippen LogP contribution in [0.15, 0.2) is 24.3 Å². The number of rotatable bonds is 1. The van der Waals surface area contributed by atoms with Crippen LogP contribution in [0.25, 0.3) is 0 Å². The van der Waals surface area contributed by atoms with Crippen molar-refractivity contribution in [3.63, 3.8) is 0 Å². The van der Waals surface area contributed by atoms with Crippen LogP contribution in [0, 0.1) is 0 Å². The van der Waals surface area contributed by atoms with Gasteiger partial charge in [-0.05, 0) is 18.6 Å². The summed E-state index contributed by atoms with van der Waals surface area (Å²) in [4.78, 5) is 13.0. The Balaban J connectivity index is 2.33. The van der Waals surface area contributed by atoms with E-state index < -0.39 is 12.0 Å². The average Bonchev–Trinajstić information content (AvgIpc) is 2.39. The molecular formula is C11H14N2O2. The molecule has 0 spiro atoms. The van der Waals surface area contributed by atoms with Gasteiger partial charge in [0, 0.05) is 13.6 Å². The molecule has 2 N–H and O–H groups in total. The van der Waals surface area contributed by atoms with Crippen molar-refractivity contribution < 1.29 is 9.90 Å². The monoisotopic (exact) mass is 206 g/mol. The predicted octanol–water partition coefficient (Wildman–Crippen LogP) is 1.39. The lowest BCUT2D eigenvalue weighted by Gasteiger charge is -2.17. The van der Waals surface area contributed by atoms with Crippen molar-refractivity contribution in [2.45, 2.75) is 12.5 Å². The Kier molecular flexibility index (Phi) is 2.49. The number of carboxylic acid groups (broad SMARTS) is 1. The van der Waals surface area contributed by atoms with Crippen molar-refractivity contribution in [1.82, 2.24) is 0 Å². The summed E-state index contributed by atoms with van der Waals surface area (Å²) in [5.41, 5.74) is 1.95. The fourth-order valence-corrected chi connectivity index (χ4v) is 1.82. The van der Waals surface area contributed by atoms with Crippen LogP contribution in [-0.2, 0) is 4.79 Å². The Morgan fingerprint density at radius 1 is 1.53 bits per heavy atom. The molecule has 1 aliphatic rings.